The van der Waals surface area contributed by atoms with E-state index in [1.807, 2.05) is 0 Å². The highest BCUT2D eigenvalue weighted by Gasteiger charge is 2.32. The zero-order valence-corrected chi connectivity index (χ0v) is 17.0. The lowest BCUT2D eigenvalue weighted by Crippen LogP contribution is -2.60. The van der Waals surface area contributed by atoms with Gasteiger partial charge in [-0.25, -0.2) is 4.79 Å². The first-order valence-electron chi connectivity index (χ1n) is 8.73. The van der Waals surface area contributed by atoms with Crippen LogP contribution in [0.15, 0.2) is 0 Å². The summed E-state index contributed by atoms with van der Waals surface area (Å²) in [5.41, 5.74) is 5.36. The lowest BCUT2D eigenvalue weighted by molar-refractivity contribution is -0.143. The predicted octanol–water partition coefficient (Wildman–Crippen LogP) is -2.80. The number of aliphatic hydroxyl groups is 2. The molecule has 0 heterocycles. The van der Waals surface area contributed by atoms with Crippen molar-refractivity contribution < 1.29 is 34.5 Å². The van der Waals surface area contributed by atoms with Gasteiger partial charge in [-0.05, 0) is 19.3 Å². The number of rotatable bonds is 12. The van der Waals surface area contributed by atoms with Crippen molar-refractivity contribution in [3.8, 4) is 0 Å². The molecule has 0 aromatic carbocycles. The molecular formula is C16H30N4O7S. The molecule has 5 atom stereocenters. The normalized spacial score (nSPS) is 16.4. The van der Waals surface area contributed by atoms with Gasteiger partial charge in [0.05, 0.1) is 12.7 Å². The Labute approximate surface area is 168 Å². The van der Waals surface area contributed by atoms with E-state index in [0.29, 0.717) is 0 Å². The van der Waals surface area contributed by atoms with Crippen LogP contribution < -0.4 is 21.7 Å². The van der Waals surface area contributed by atoms with Gasteiger partial charge in [0, 0.05) is 5.75 Å². The van der Waals surface area contributed by atoms with Gasteiger partial charge in [-0.15, -0.1) is 0 Å². The Hall–Kier alpha value is -1.89. The number of nitrogens with two attached hydrogens (primary N) is 1. The molecule has 28 heavy (non-hydrogen) atoms. The molecule has 0 rings (SSSR count). The molecule has 0 saturated carbocycles. The molecule has 0 radical (unpaired) electrons. The van der Waals surface area contributed by atoms with E-state index in [9.17, 15) is 29.4 Å². The van der Waals surface area contributed by atoms with Gasteiger partial charge >= 0.3 is 5.97 Å². The molecular weight excluding hydrogens is 392 g/mol. The first kappa shape index (κ1) is 26.1. The first-order chi connectivity index (χ1) is 12.9. The molecule has 0 aromatic rings. The average Bonchev–Trinajstić information content (AvgIpc) is 2.61. The highest BCUT2D eigenvalue weighted by molar-refractivity contribution is 7.80. The number of carbonyl (C=O) groups is 4. The Balaban J connectivity index is 5.16. The second kappa shape index (κ2) is 12.5. The Morgan fingerprint density at radius 2 is 1.50 bits per heavy atom. The zero-order valence-electron chi connectivity index (χ0n) is 16.1. The van der Waals surface area contributed by atoms with E-state index in [2.05, 4.69) is 28.6 Å². The Morgan fingerprint density at radius 3 is 1.89 bits per heavy atom. The topological polar surface area (TPSA) is 191 Å². The van der Waals surface area contributed by atoms with Crippen LogP contribution in [0, 0.1) is 5.92 Å². The van der Waals surface area contributed by atoms with Crippen LogP contribution in [-0.4, -0.2) is 81.6 Å². The highest BCUT2D eigenvalue weighted by atomic mass is 32.1. The molecule has 0 bridgehead atoms. The average molecular weight is 423 g/mol. The van der Waals surface area contributed by atoms with E-state index < -0.39 is 60.6 Å². The monoisotopic (exact) mass is 422 g/mol. The molecule has 0 aliphatic heterocycles. The molecule has 0 aliphatic carbocycles. The third kappa shape index (κ3) is 8.87. The summed E-state index contributed by atoms with van der Waals surface area (Å²) < 4.78 is 0. The van der Waals surface area contributed by atoms with Crippen LogP contribution in [0.5, 0.6) is 0 Å². The number of hydrogen-bond donors (Lipinski definition) is 8. The van der Waals surface area contributed by atoms with Crippen molar-refractivity contribution in [1.29, 1.82) is 0 Å². The second-order valence-electron chi connectivity index (χ2n) is 6.79. The number of hydrogen-bond acceptors (Lipinski definition) is 8. The predicted molar refractivity (Wildman–Crippen MR) is 103 cm³/mol. The van der Waals surface area contributed by atoms with E-state index in [0.717, 1.165) is 0 Å². The van der Waals surface area contributed by atoms with Crippen molar-refractivity contribution in [1.82, 2.24) is 16.0 Å². The smallest absolute Gasteiger partial charge is 0.326 e. The molecule has 0 saturated heterocycles. The van der Waals surface area contributed by atoms with E-state index in [1.54, 1.807) is 13.8 Å². The van der Waals surface area contributed by atoms with Gasteiger partial charge in [0.2, 0.25) is 17.7 Å². The van der Waals surface area contributed by atoms with Gasteiger partial charge in [-0.1, -0.05) is 13.8 Å². The highest BCUT2D eigenvalue weighted by Crippen LogP contribution is 2.06. The van der Waals surface area contributed by atoms with Crippen LogP contribution in [0.25, 0.3) is 0 Å². The second-order valence-corrected chi connectivity index (χ2v) is 7.15. The number of aliphatic carboxylic acids is 1. The molecule has 11 nitrogen and oxygen atoms in total. The van der Waals surface area contributed by atoms with Crippen LogP contribution in [0.4, 0.5) is 0 Å². The minimum Gasteiger partial charge on any atom is -0.480 e. The summed E-state index contributed by atoms with van der Waals surface area (Å²) in [7, 11) is 0. The number of carboxylic acid groups (broad SMARTS) is 1. The minimum atomic E-state index is -1.45. The first-order valence-corrected chi connectivity index (χ1v) is 9.37. The summed E-state index contributed by atoms with van der Waals surface area (Å²) in [6, 6.07) is -5.06. The largest absolute Gasteiger partial charge is 0.480 e. The lowest BCUT2D eigenvalue weighted by Gasteiger charge is -2.26. The van der Waals surface area contributed by atoms with E-state index in [1.165, 1.54) is 6.92 Å². The van der Waals surface area contributed by atoms with Gasteiger partial charge in [0.25, 0.3) is 0 Å². The van der Waals surface area contributed by atoms with E-state index in [4.69, 9.17) is 10.8 Å². The number of amides is 3. The molecule has 5 unspecified atom stereocenters. The van der Waals surface area contributed by atoms with E-state index in [-0.39, 0.29) is 18.1 Å². The standard InChI is InChI=1S/C16H30N4O7S/c1-7(2)4-10(16(26)27)18-15(25)12(8(3)22)20-14(24)11(6-28)19-13(23)9(17)5-21/h7-12,21-22,28H,4-6,17H2,1-3H3,(H,18,25)(H,19,23)(H,20,24)(H,26,27). The van der Waals surface area contributed by atoms with Crippen molar-refractivity contribution in [2.24, 2.45) is 11.7 Å². The number of nitrogens with one attached hydrogen (secondary N) is 3. The third-order valence-electron chi connectivity index (χ3n) is 3.73. The van der Waals surface area contributed by atoms with Crippen LogP contribution in [0.2, 0.25) is 0 Å². The van der Waals surface area contributed by atoms with Crippen molar-refractivity contribution >= 4 is 36.3 Å². The van der Waals surface area contributed by atoms with Crippen LogP contribution in [0.1, 0.15) is 27.2 Å². The molecule has 3 amide bonds. The Kier molecular flexibility index (Phi) is 11.7. The molecule has 0 aromatic heterocycles. The van der Waals surface area contributed by atoms with E-state index >= 15 is 0 Å². The molecule has 0 fully saturated rings. The van der Waals surface area contributed by atoms with Crippen molar-refractivity contribution in [3.63, 3.8) is 0 Å². The number of thiol groups is 1. The quantitative estimate of drug-likeness (QED) is 0.155. The van der Waals surface area contributed by atoms with Gasteiger partial charge in [-0.3, -0.25) is 14.4 Å². The van der Waals surface area contributed by atoms with Crippen LogP contribution >= 0.6 is 12.6 Å². The fourth-order valence-electron chi connectivity index (χ4n) is 2.17. The SMILES string of the molecule is CC(C)CC(NC(=O)C(NC(=O)C(CS)NC(=O)C(N)CO)C(C)O)C(=O)O. The molecule has 8 N–H and O–H groups in total. The lowest BCUT2D eigenvalue weighted by atomic mass is 10.0. The fraction of sp³-hybridized carbons (Fsp3) is 0.750. The maximum absolute atomic E-state index is 12.4. The van der Waals surface area contributed by atoms with Crippen molar-refractivity contribution in [2.75, 3.05) is 12.4 Å². The fourth-order valence-corrected chi connectivity index (χ4v) is 2.43. The summed E-state index contributed by atoms with van der Waals surface area (Å²) in [5, 5.41) is 34.8. The molecule has 12 heteroatoms. The zero-order chi connectivity index (χ0) is 22.0. The van der Waals surface area contributed by atoms with Gasteiger partial charge in [-0.2, -0.15) is 12.6 Å². The van der Waals surface area contributed by atoms with Gasteiger partial charge in [0.1, 0.15) is 24.2 Å². The van der Waals surface area contributed by atoms with Crippen molar-refractivity contribution in [3.05, 3.63) is 0 Å². The molecule has 162 valence electrons. The van der Waals surface area contributed by atoms with Gasteiger partial charge in [0.15, 0.2) is 0 Å². The Bertz CT molecular complexity index is 559. The summed E-state index contributed by atoms with van der Waals surface area (Å²) in [4.78, 5) is 47.8. The third-order valence-corrected chi connectivity index (χ3v) is 4.10. The summed E-state index contributed by atoms with van der Waals surface area (Å²) in [5.74, 6) is -3.90. The summed E-state index contributed by atoms with van der Waals surface area (Å²) in [6.07, 6.45) is -1.18. The molecule has 0 aliphatic rings. The summed E-state index contributed by atoms with van der Waals surface area (Å²) >= 11 is 3.95. The number of aliphatic hydroxyl groups excluding tert-OH is 2. The number of carboxylic acids is 1. The maximum Gasteiger partial charge on any atom is 0.326 e. The Morgan fingerprint density at radius 1 is 0.964 bits per heavy atom. The van der Waals surface area contributed by atoms with Crippen molar-refractivity contribution in [2.45, 2.75) is 57.5 Å². The maximum atomic E-state index is 12.4. The minimum absolute atomic E-state index is 0.0134. The number of carbonyl (C=O) groups excluding carboxylic acids is 3. The molecule has 0 spiro atoms. The van der Waals surface area contributed by atoms with Gasteiger partial charge < -0.3 is 37.0 Å². The summed E-state index contributed by atoms with van der Waals surface area (Å²) in [6.45, 7) is 4.19. The van der Waals surface area contributed by atoms with Crippen LogP contribution in [0.3, 0.4) is 0 Å². The van der Waals surface area contributed by atoms with Crippen LogP contribution in [-0.2, 0) is 19.2 Å².